The van der Waals surface area contributed by atoms with E-state index < -0.39 is 42.5 Å². The van der Waals surface area contributed by atoms with Crippen LogP contribution in [0.4, 0.5) is 0 Å². The van der Waals surface area contributed by atoms with Gasteiger partial charge in [-0.15, -0.1) is 0 Å². The van der Waals surface area contributed by atoms with Gasteiger partial charge in [0, 0.05) is 14.0 Å². The van der Waals surface area contributed by atoms with Gasteiger partial charge < -0.3 is 33.2 Å². The lowest BCUT2D eigenvalue weighted by Crippen LogP contribution is -2.67. The molecule has 6 atom stereocenters. The number of hydrogen-bond donors (Lipinski definition) is 0. The second kappa shape index (κ2) is 11.4. The number of rotatable bonds is 9. The number of hydrogen-bond acceptors (Lipinski definition) is 8. The van der Waals surface area contributed by atoms with Crippen LogP contribution in [0.1, 0.15) is 25.0 Å². The Balaban J connectivity index is 1.58. The van der Waals surface area contributed by atoms with Crippen LogP contribution in [0, 0.1) is 0 Å². The highest BCUT2D eigenvalue weighted by Gasteiger charge is 2.56. The largest absolute Gasteiger partial charge is 0.462 e. The predicted octanol–water partition coefficient (Wildman–Crippen LogP) is 3.22. The Bertz CT molecular complexity index is 908. The Kier molecular flexibility index (Phi) is 8.31. The van der Waals surface area contributed by atoms with Crippen molar-refractivity contribution >= 4 is 5.97 Å². The molecule has 0 spiro atoms. The molecule has 34 heavy (non-hydrogen) atoms. The highest BCUT2D eigenvalue weighted by Crippen LogP contribution is 2.36. The average Bonchev–Trinajstić information content (AvgIpc) is 2.87. The molecule has 0 unspecified atom stereocenters. The molecule has 0 amide bonds. The molecule has 2 aromatic rings. The Morgan fingerprint density at radius 2 is 1.56 bits per heavy atom. The van der Waals surface area contributed by atoms with Crippen LogP contribution in [0.2, 0.25) is 0 Å². The van der Waals surface area contributed by atoms with Crippen molar-refractivity contribution < 1.29 is 38.0 Å². The molecular formula is C26H32O8. The van der Waals surface area contributed by atoms with E-state index in [4.69, 9.17) is 33.2 Å². The maximum Gasteiger partial charge on any atom is 0.366 e. The van der Waals surface area contributed by atoms with Gasteiger partial charge in [0.1, 0.15) is 24.4 Å². The second-order valence-corrected chi connectivity index (χ2v) is 8.36. The summed E-state index contributed by atoms with van der Waals surface area (Å²) in [4.78, 5) is 12.6. The third-order valence-electron chi connectivity index (χ3n) is 5.92. The molecule has 8 heteroatoms. The molecular weight excluding hydrogens is 440 g/mol. The van der Waals surface area contributed by atoms with E-state index in [0.29, 0.717) is 13.2 Å². The summed E-state index contributed by atoms with van der Waals surface area (Å²) in [6.45, 7) is 4.29. The summed E-state index contributed by atoms with van der Waals surface area (Å²) >= 11 is 0. The van der Waals surface area contributed by atoms with E-state index in [1.807, 2.05) is 60.7 Å². The number of ether oxygens (including phenoxy) is 7. The average molecular weight is 473 g/mol. The van der Waals surface area contributed by atoms with Gasteiger partial charge in [0.2, 0.25) is 0 Å². The van der Waals surface area contributed by atoms with Crippen molar-refractivity contribution in [1.29, 1.82) is 0 Å². The van der Waals surface area contributed by atoms with E-state index in [2.05, 4.69) is 0 Å². The number of carbonyl (C=O) groups is 1. The van der Waals surface area contributed by atoms with Crippen LogP contribution in [-0.2, 0) is 51.2 Å². The minimum absolute atomic E-state index is 0.121. The first kappa shape index (κ1) is 24.8. The summed E-state index contributed by atoms with van der Waals surface area (Å²) < 4.78 is 41.5. The van der Waals surface area contributed by atoms with E-state index in [9.17, 15) is 4.79 Å². The molecule has 0 bridgehead atoms. The van der Waals surface area contributed by atoms with Crippen molar-refractivity contribution in [3.05, 3.63) is 71.8 Å². The number of carbonyl (C=O) groups excluding carboxylic acids is 1. The van der Waals surface area contributed by atoms with Crippen molar-refractivity contribution in [1.82, 2.24) is 0 Å². The Morgan fingerprint density at radius 1 is 0.971 bits per heavy atom. The minimum Gasteiger partial charge on any atom is -0.462 e. The van der Waals surface area contributed by atoms with E-state index in [0.717, 1.165) is 11.1 Å². The van der Waals surface area contributed by atoms with Gasteiger partial charge in [-0.25, -0.2) is 4.79 Å². The topological polar surface area (TPSA) is 81.7 Å². The van der Waals surface area contributed by atoms with Crippen molar-refractivity contribution in [2.75, 3.05) is 20.3 Å². The molecule has 0 aromatic heterocycles. The minimum atomic E-state index is -1.57. The molecule has 2 fully saturated rings. The summed E-state index contributed by atoms with van der Waals surface area (Å²) in [7, 11) is 1.56. The van der Waals surface area contributed by atoms with E-state index >= 15 is 0 Å². The number of methoxy groups -OCH3 is 1. The maximum absolute atomic E-state index is 12.6. The molecule has 0 aliphatic carbocycles. The van der Waals surface area contributed by atoms with E-state index in [1.54, 1.807) is 21.0 Å². The highest BCUT2D eigenvalue weighted by atomic mass is 16.8. The van der Waals surface area contributed by atoms with E-state index in [-0.39, 0.29) is 13.2 Å². The van der Waals surface area contributed by atoms with Crippen molar-refractivity contribution in [2.45, 2.75) is 63.6 Å². The molecule has 2 heterocycles. The SMILES string of the molecule is CCOC(=O)[C@]1(C)OC[C@H]2O[C@H](OC)[C@H](OCc3ccccc3)[C@@H](OCc3ccccc3)[C@H]2O1. The predicted molar refractivity (Wildman–Crippen MR) is 122 cm³/mol. The van der Waals surface area contributed by atoms with Gasteiger partial charge in [-0.3, -0.25) is 0 Å². The Labute approximate surface area is 200 Å². The third-order valence-corrected chi connectivity index (χ3v) is 5.92. The Morgan fingerprint density at radius 3 is 2.12 bits per heavy atom. The molecule has 4 rings (SSSR count). The van der Waals surface area contributed by atoms with Crippen LogP contribution < -0.4 is 0 Å². The van der Waals surface area contributed by atoms with Crippen LogP contribution >= 0.6 is 0 Å². The third kappa shape index (κ3) is 5.66. The number of benzene rings is 2. The first-order chi connectivity index (χ1) is 16.5. The zero-order valence-electron chi connectivity index (χ0n) is 19.8. The van der Waals surface area contributed by atoms with Gasteiger partial charge in [-0.2, -0.15) is 0 Å². The molecule has 184 valence electrons. The maximum atomic E-state index is 12.6. The van der Waals surface area contributed by atoms with Crippen LogP contribution in [0.5, 0.6) is 0 Å². The summed E-state index contributed by atoms with van der Waals surface area (Å²) in [5.74, 6) is -2.16. The fourth-order valence-electron chi connectivity index (χ4n) is 4.15. The monoisotopic (exact) mass is 472 g/mol. The van der Waals surface area contributed by atoms with Gasteiger partial charge in [-0.1, -0.05) is 60.7 Å². The lowest BCUT2D eigenvalue weighted by molar-refractivity contribution is -0.385. The van der Waals surface area contributed by atoms with Crippen molar-refractivity contribution in [2.24, 2.45) is 0 Å². The van der Waals surface area contributed by atoms with Gasteiger partial charge in [0.25, 0.3) is 5.79 Å². The summed E-state index contributed by atoms with van der Waals surface area (Å²) in [6.07, 6.45) is -3.06. The van der Waals surface area contributed by atoms with Gasteiger partial charge in [-0.05, 0) is 18.1 Å². The quantitative estimate of drug-likeness (QED) is 0.515. The lowest BCUT2D eigenvalue weighted by Gasteiger charge is -2.50. The molecule has 0 radical (unpaired) electrons. The fraction of sp³-hybridized carbons (Fsp3) is 0.500. The van der Waals surface area contributed by atoms with Crippen LogP contribution in [-0.4, -0.2) is 62.8 Å². The first-order valence-electron chi connectivity index (χ1n) is 11.5. The number of fused-ring (bicyclic) bond motifs is 1. The summed E-state index contributed by atoms with van der Waals surface area (Å²) in [5, 5.41) is 0. The molecule has 0 saturated carbocycles. The first-order valence-corrected chi connectivity index (χ1v) is 11.5. The van der Waals surface area contributed by atoms with Gasteiger partial charge in [0.05, 0.1) is 26.4 Å². The zero-order chi connectivity index (χ0) is 24.0. The van der Waals surface area contributed by atoms with Gasteiger partial charge in [0.15, 0.2) is 6.29 Å². The Hall–Kier alpha value is -2.33. The molecule has 2 aliphatic rings. The second-order valence-electron chi connectivity index (χ2n) is 8.36. The van der Waals surface area contributed by atoms with E-state index in [1.165, 1.54) is 0 Å². The summed E-state index contributed by atoms with van der Waals surface area (Å²) in [5.41, 5.74) is 2.01. The normalized spacial score (nSPS) is 31.0. The zero-order valence-corrected chi connectivity index (χ0v) is 19.8. The smallest absolute Gasteiger partial charge is 0.366 e. The van der Waals surface area contributed by atoms with Crippen molar-refractivity contribution in [3.8, 4) is 0 Å². The number of esters is 1. The lowest BCUT2D eigenvalue weighted by atomic mass is 9.96. The van der Waals surface area contributed by atoms with Gasteiger partial charge >= 0.3 is 5.97 Å². The van der Waals surface area contributed by atoms with Crippen LogP contribution in [0.15, 0.2) is 60.7 Å². The summed E-state index contributed by atoms with van der Waals surface area (Å²) in [6, 6.07) is 19.7. The molecule has 2 aromatic carbocycles. The van der Waals surface area contributed by atoms with Crippen molar-refractivity contribution in [3.63, 3.8) is 0 Å². The molecule has 2 saturated heterocycles. The van der Waals surface area contributed by atoms with Crippen LogP contribution in [0.25, 0.3) is 0 Å². The molecule has 2 aliphatic heterocycles. The standard InChI is InChI=1S/C26H32O8/c1-4-29-25(27)26(2)32-17-20-21(34-26)22(30-15-18-11-7-5-8-12-18)23(24(28-3)33-20)31-16-19-13-9-6-10-14-19/h5-14,20-24H,4,15-17H2,1-3H3/t20-,21+,22+,23-,24+,26-/m1/s1. The molecule has 0 N–H and O–H groups in total. The highest BCUT2D eigenvalue weighted by molar-refractivity contribution is 5.77. The van der Waals surface area contributed by atoms with Crippen LogP contribution in [0.3, 0.4) is 0 Å². The molecule has 8 nitrogen and oxygen atoms in total. The fourth-order valence-corrected chi connectivity index (χ4v) is 4.15.